The molecule has 4 nitrogen and oxygen atoms in total. The summed E-state index contributed by atoms with van der Waals surface area (Å²) in [6.45, 7) is 1.75. The Bertz CT molecular complexity index is 882. The fourth-order valence-corrected chi connectivity index (χ4v) is 3.42. The third kappa shape index (κ3) is 3.52. The molecule has 0 unspecified atom stereocenters. The Morgan fingerprint density at radius 1 is 1.08 bits per heavy atom. The van der Waals surface area contributed by atoms with Gasteiger partial charge in [0, 0.05) is 5.02 Å². The molecule has 3 rings (SSSR count). The zero-order chi connectivity index (χ0) is 18.1. The summed E-state index contributed by atoms with van der Waals surface area (Å²) in [7, 11) is 1.60. The van der Waals surface area contributed by atoms with Crippen LogP contribution in [0.2, 0.25) is 15.1 Å². The Labute approximate surface area is 160 Å². The van der Waals surface area contributed by atoms with Crippen LogP contribution in [0.5, 0.6) is 5.75 Å². The highest BCUT2D eigenvalue weighted by atomic mass is 35.5. The highest BCUT2D eigenvalue weighted by Gasteiger charge is 2.31. The number of ether oxygens (including phenoxy) is 1. The van der Waals surface area contributed by atoms with Crippen molar-refractivity contribution in [2.45, 2.75) is 6.92 Å². The molecule has 0 spiro atoms. The lowest BCUT2D eigenvalue weighted by Crippen LogP contribution is -2.22. The van der Waals surface area contributed by atoms with Gasteiger partial charge >= 0.3 is 0 Å². The first-order valence-corrected chi connectivity index (χ1v) is 8.44. The summed E-state index contributed by atoms with van der Waals surface area (Å²) in [6.07, 6.45) is 1.76. The van der Waals surface area contributed by atoms with Crippen LogP contribution in [0.4, 0.5) is 5.69 Å². The number of carbonyl (C=O) groups is 1. The first-order chi connectivity index (χ1) is 11.9. The number of methoxy groups -OCH3 is 1. The number of anilines is 1. The Hall–Kier alpha value is -2.01. The van der Waals surface area contributed by atoms with E-state index in [1.807, 2.05) is 24.3 Å². The fourth-order valence-electron chi connectivity index (χ4n) is 2.44. The molecular weight excluding hydrogens is 383 g/mol. The summed E-state index contributed by atoms with van der Waals surface area (Å²) in [5, 5.41) is 6.40. The van der Waals surface area contributed by atoms with Gasteiger partial charge in [-0.1, -0.05) is 46.9 Å². The normalized spacial score (nSPS) is 15.7. The second-order valence-corrected chi connectivity index (χ2v) is 6.60. The van der Waals surface area contributed by atoms with Crippen LogP contribution >= 0.6 is 34.8 Å². The maximum atomic E-state index is 12.8. The number of amides is 1. The Balaban J connectivity index is 1.98. The maximum Gasteiger partial charge on any atom is 0.280 e. The Kier molecular flexibility index (Phi) is 5.04. The van der Waals surface area contributed by atoms with Crippen LogP contribution in [-0.4, -0.2) is 18.7 Å². The molecular formula is C18H13Cl3N2O2. The number of hydrogen-bond acceptors (Lipinski definition) is 3. The Morgan fingerprint density at radius 3 is 2.24 bits per heavy atom. The van der Waals surface area contributed by atoms with Crippen LogP contribution in [0.3, 0.4) is 0 Å². The van der Waals surface area contributed by atoms with E-state index in [2.05, 4.69) is 5.10 Å². The lowest BCUT2D eigenvalue weighted by atomic mass is 10.1. The quantitative estimate of drug-likeness (QED) is 0.647. The predicted octanol–water partition coefficient (Wildman–Crippen LogP) is 5.46. The monoisotopic (exact) mass is 394 g/mol. The summed E-state index contributed by atoms with van der Waals surface area (Å²) in [6, 6.07) is 10.4. The third-order valence-corrected chi connectivity index (χ3v) is 4.48. The summed E-state index contributed by atoms with van der Waals surface area (Å²) in [4.78, 5) is 12.8. The molecule has 2 aromatic carbocycles. The minimum absolute atomic E-state index is 0.257. The second kappa shape index (κ2) is 7.08. The van der Waals surface area contributed by atoms with Gasteiger partial charge in [0.25, 0.3) is 5.91 Å². The van der Waals surface area contributed by atoms with E-state index in [9.17, 15) is 4.79 Å². The molecule has 0 bridgehead atoms. The van der Waals surface area contributed by atoms with Gasteiger partial charge in [-0.2, -0.15) is 10.1 Å². The first-order valence-electron chi connectivity index (χ1n) is 7.31. The van der Waals surface area contributed by atoms with Crippen LogP contribution in [-0.2, 0) is 4.79 Å². The molecule has 0 aliphatic carbocycles. The van der Waals surface area contributed by atoms with Crippen LogP contribution in [0, 0.1) is 0 Å². The third-order valence-electron chi connectivity index (χ3n) is 3.68. The lowest BCUT2D eigenvalue weighted by Gasteiger charge is -2.15. The smallest absolute Gasteiger partial charge is 0.280 e. The second-order valence-electron chi connectivity index (χ2n) is 5.35. The number of hydrogen-bond donors (Lipinski definition) is 0. The zero-order valence-corrected chi connectivity index (χ0v) is 15.7. The number of carbonyl (C=O) groups excluding carboxylic acids is 1. The largest absolute Gasteiger partial charge is 0.497 e. The molecule has 0 radical (unpaired) electrons. The van der Waals surface area contributed by atoms with Gasteiger partial charge in [0.05, 0.1) is 28.4 Å². The molecule has 1 aliphatic heterocycles. The van der Waals surface area contributed by atoms with Crippen molar-refractivity contribution in [1.29, 1.82) is 0 Å². The summed E-state index contributed by atoms with van der Waals surface area (Å²) < 4.78 is 5.13. The van der Waals surface area contributed by atoms with E-state index in [0.29, 0.717) is 22.0 Å². The number of hydrazone groups is 1. The molecule has 0 N–H and O–H groups in total. The van der Waals surface area contributed by atoms with Gasteiger partial charge < -0.3 is 4.74 Å². The van der Waals surface area contributed by atoms with Crippen molar-refractivity contribution in [3.63, 3.8) is 0 Å². The molecule has 25 heavy (non-hydrogen) atoms. The number of benzene rings is 2. The highest BCUT2D eigenvalue weighted by Crippen LogP contribution is 2.39. The molecule has 7 heteroatoms. The fraction of sp³-hybridized carbons (Fsp3) is 0.111. The van der Waals surface area contributed by atoms with Crippen molar-refractivity contribution in [3.8, 4) is 5.75 Å². The topological polar surface area (TPSA) is 41.9 Å². The standard InChI is InChI=1S/C18H13Cl3N2O2/c1-10-14(7-11-3-5-13(25-2)6-4-11)18(24)23(22-10)17-15(20)8-12(19)9-16(17)21/h3-9H,1-2H3/b14-7+. The van der Waals surface area contributed by atoms with Gasteiger partial charge in [-0.15, -0.1) is 0 Å². The van der Waals surface area contributed by atoms with Crippen molar-refractivity contribution in [2.24, 2.45) is 5.10 Å². The first kappa shape index (κ1) is 17.8. The van der Waals surface area contributed by atoms with Gasteiger partial charge in [-0.3, -0.25) is 4.79 Å². The van der Waals surface area contributed by atoms with Gasteiger partial charge in [-0.05, 0) is 42.8 Å². The van der Waals surface area contributed by atoms with E-state index in [4.69, 9.17) is 39.5 Å². The lowest BCUT2D eigenvalue weighted by molar-refractivity contribution is -0.114. The average Bonchev–Trinajstić information content (AvgIpc) is 2.83. The molecule has 1 heterocycles. The van der Waals surface area contributed by atoms with Gasteiger partial charge in [0.2, 0.25) is 0 Å². The molecule has 0 atom stereocenters. The van der Waals surface area contributed by atoms with E-state index in [1.54, 1.807) is 20.1 Å². The summed E-state index contributed by atoms with van der Waals surface area (Å²) in [5.74, 6) is 0.436. The zero-order valence-electron chi connectivity index (χ0n) is 13.4. The van der Waals surface area contributed by atoms with Crippen LogP contribution in [0.15, 0.2) is 47.1 Å². The predicted molar refractivity (Wildman–Crippen MR) is 103 cm³/mol. The van der Waals surface area contributed by atoms with Crippen molar-refractivity contribution < 1.29 is 9.53 Å². The van der Waals surface area contributed by atoms with Crippen LogP contribution < -0.4 is 9.75 Å². The molecule has 128 valence electrons. The van der Waals surface area contributed by atoms with Crippen molar-refractivity contribution >= 4 is 58.2 Å². The highest BCUT2D eigenvalue weighted by molar-refractivity contribution is 6.44. The van der Waals surface area contributed by atoms with Gasteiger partial charge in [0.1, 0.15) is 11.4 Å². The number of rotatable bonds is 3. The van der Waals surface area contributed by atoms with Crippen molar-refractivity contribution in [1.82, 2.24) is 0 Å². The SMILES string of the molecule is COc1ccc(/C=C2/C(=O)N(c3c(Cl)cc(Cl)cc3Cl)N=C2C)cc1. The molecule has 1 amide bonds. The molecule has 1 aliphatic rings. The minimum atomic E-state index is -0.306. The number of halogens is 3. The summed E-state index contributed by atoms with van der Waals surface area (Å²) >= 11 is 18.3. The molecule has 2 aromatic rings. The minimum Gasteiger partial charge on any atom is -0.497 e. The van der Waals surface area contributed by atoms with E-state index in [1.165, 1.54) is 17.1 Å². The van der Waals surface area contributed by atoms with E-state index in [0.717, 1.165) is 11.3 Å². The maximum absolute atomic E-state index is 12.8. The van der Waals surface area contributed by atoms with Gasteiger partial charge in [0.15, 0.2) is 0 Å². The van der Waals surface area contributed by atoms with E-state index >= 15 is 0 Å². The Morgan fingerprint density at radius 2 is 1.68 bits per heavy atom. The van der Waals surface area contributed by atoms with Crippen LogP contribution in [0.1, 0.15) is 12.5 Å². The van der Waals surface area contributed by atoms with Crippen LogP contribution in [0.25, 0.3) is 6.08 Å². The average molecular weight is 396 g/mol. The van der Waals surface area contributed by atoms with Crippen molar-refractivity contribution in [2.75, 3.05) is 12.1 Å². The number of nitrogens with zero attached hydrogens (tertiary/aromatic N) is 2. The van der Waals surface area contributed by atoms with E-state index in [-0.39, 0.29) is 16.0 Å². The van der Waals surface area contributed by atoms with Gasteiger partial charge in [-0.25, -0.2) is 0 Å². The van der Waals surface area contributed by atoms with E-state index < -0.39 is 0 Å². The molecule has 0 saturated heterocycles. The van der Waals surface area contributed by atoms with Crippen molar-refractivity contribution in [3.05, 3.63) is 62.6 Å². The molecule has 0 saturated carbocycles. The summed E-state index contributed by atoms with van der Waals surface area (Å²) in [5.41, 5.74) is 2.21. The molecule has 0 aromatic heterocycles. The molecule has 0 fully saturated rings.